The van der Waals surface area contributed by atoms with E-state index in [1.165, 1.54) is 17.3 Å². The lowest BCUT2D eigenvalue weighted by atomic mass is 9.97. The number of benzene rings is 1. The van der Waals surface area contributed by atoms with Crippen LogP contribution < -0.4 is 5.32 Å². The van der Waals surface area contributed by atoms with Crippen LogP contribution in [0.4, 0.5) is 0 Å². The Morgan fingerprint density at radius 2 is 2.07 bits per heavy atom. The Labute approximate surface area is 165 Å². The predicted octanol–water partition coefficient (Wildman–Crippen LogP) is 3.24. The summed E-state index contributed by atoms with van der Waals surface area (Å²) >= 11 is 1.31. The molecule has 2 heterocycles. The van der Waals surface area contributed by atoms with E-state index < -0.39 is 0 Å². The van der Waals surface area contributed by atoms with E-state index in [1.807, 2.05) is 33.8 Å². The number of thioether (sulfide) groups is 1. The van der Waals surface area contributed by atoms with Gasteiger partial charge >= 0.3 is 0 Å². The van der Waals surface area contributed by atoms with Crippen molar-refractivity contribution in [1.82, 2.24) is 20.4 Å². The molecule has 0 bridgehead atoms. The summed E-state index contributed by atoms with van der Waals surface area (Å²) in [7, 11) is 0. The van der Waals surface area contributed by atoms with Crippen LogP contribution in [0.1, 0.15) is 45.6 Å². The first-order chi connectivity index (χ1) is 12.8. The summed E-state index contributed by atoms with van der Waals surface area (Å²) in [5.74, 6) is 0.604. The zero-order chi connectivity index (χ0) is 19.4. The summed E-state index contributed by atoms with van der Waals surface area (Å²) in [5, 5.41) is 11.5. The van der Waals surface area contributed by atoms with E-state index in [2.05, 4.69) is 44.7 Å². The molecule has 1 amide bonds. The third-order valence-electron chi connectivity index (χ3n) is 4.56. The van der Waals surface area contributed by atoms with Crippen LogP contribution in [0.5, 0.6) is 0 Å². The number of amides is 1. The molecule has 1 aliphatic heterocycles. The van der Waals surface area contributed by atoms with Gasteiger partial charge in [0.25, 0.3) is 5.22 Å². The smallest absolute Gasteiger partial charge is 0.277 e. The van der Waals surface area contributed by atoms with Crippen molar-refractivity contribution < 1.29 is 9.21 Å². The number of nitrogens with one attached hydrogen (secondary N) is 1. The van der Waals surface area contributed by atoms with Crippen LogP contribution in [0.2, 0.25) is 0 Å². The summed E-state index contributed by atoms with van der Waals surface area (Å²) in [6.07, 6.45) is 0.977. The molecular weight excluding hydrogens is 360 g/mol. The van der Waals surface area contributed by atoms with Gasteiger partial charge in [-0.3, -0.25) is 9.69 Å². The third kappa shape index (κ3) is 5.56. The van der Waals surface area contributed by atoms with Gasteiger partial charge in [0, 0.05) is 31.1 Å². The maximum Gasteiger partial charge on any atom is 0.277 e. The quantitative estimate of drug-likeness (QED) is 0.766. The van der Waals surface area contributed by atoms with Crippen molar-refractivity contribution in [2.45, 2.75) is 62.6 Å². The van der Waals surface area contributed by atoms with Crippen molar-refractivity contribution >= 4 is 17.7 Å². The molecule has 1 fully saturated rings. The molecule has 6 nitrogen and oxygen atoms in total. The highest BCUT2D eigenvalue weighted by molar-refractivity contribution is 8.00. The first kappa shape index (κ1) is 19.9. The standard InChI is InChI=1S/C20H28N4O2S/c1-14(27-19-23-22-18(26-19)20(2,3)4)17(25)21-16-10-11-24(13-16)12-15-8-6-5-7-9-15/h5-9,14,16H,10-13H2,1-4H3,(H,21,25). The largest absolute Gasteiger partial charge is 0.415 e. The summed E-state index contributed by atoms with van der Waals surface area (Å²) in [5.41, 5.74) is 1.11. The number of rotatable bonds is 6. The van der Waals surface area contributed by atoms with Crippen molar-refractivity contribution in [3.8, 4) is 0 Å². The highest BCUT2D eigenvalue weighted by Crippen LogP contribution is 2.27. The molecule has 146 valence electrons. The Kier molecular flexibility index (Phi) is 6.22. The minimum Gasteiger partial charge on any atom is -0.415 e. The number of likely N-dealkylation sites (tertiary alicyclic amines) is 1. The van der Waals surface area contributed by atoms with Crippen molar-refractivity contribution in [3.05, 3.63) is 41.8 Å². The highest BCUT2D eigenvalue weighted by atomic mass is 32.2. The van der Waals surface area contributed by atoms with E-state index in [0.29, 0.717) is 11.1 Å². The molecule has 2 aromatic rings. The average molecular weight is 389 g/mol. The Balaban J connectivity index is 1.46. The van der Waals surface area contributed by atoms with Gasteiger partial charge in [0.2, 0.25) is 11.8 Å². The minimum absolute atomic E-state index is 0.0158. The maximum absolute atomic E-state index is 12.5. The Bertz CT molecular complexity index is 757. The molecule has 7 heteroatoms. The van der Waals surface area contributed by atoms with Crippen LogP contribution in [0.15, 0.2) is 40.0 Å². The van der Waals surface area contributed by atoms with Crippen molar-refractivity contribution in [2.75, 3.05) is 13.1 Å². The molecule has 27 heavy (non-hydrogen) atoms. The van der Waals surface area contributed by atoms with Gasteiger partial charge in [-0.05, 0) is 18.9 Å². The van der Waals surface area contributed by atoms with Gasteiger partial charge in [0.1, 0.15) is 0 Å². The maximum atomic E-state index is 12.5. The van der Waals surface area contributed by atoms with E-state index in [1.54, 1.807) is 0 Å². The summed E-state index contributed by atoms with van der Waals surface area (Å²) < 4.78 is 5.67. The fourth-order valence-electron chi connectivity index (χ4n) is 3.02. The minimum atomic E-state index is -0.276. The summed E-state index contributed by atoms with van der Waals surface area (Å²) in [6.45, 7) is 10.7. The molecule has 0 radical (unpaired) electrons. The molecule has 1 aliphatic rings. The van der Waals surface area contributed by atoms with Gasteiger partial charge in [0.05, 0.1) is 5.25 Å². The van der Waals surface area contributed by atoms with Gasteiger partial charge in [0.15, 0.2) is 0 Å². The Morgan fingerprint density at radius 3 is 2.74 bits per heavy atom. The van der Waals surface area contributed by atoms with Crippen molar-refractivity contribution in [2.24, 2.45) is 0 Å². The Hall–Kier alpha value is -1.86. The monoisotopic (exact) mass is 388 g/mol. The molecule has 1 aromatic heterocycles. The second-order valence-corrected chi connectivity index (χ2v) is 9.39. The molecule has 2 unspecified atom stereocenters. The zero-order valence-electron chi connectivity index (χ0n) is 16.4. The lowest BCUT2D eigenvalue weighted by Gasteiger charge is -2.18. The van der Waals surface area contributed by atoms with Crippen LogP contribution in [-0.2, 0) is 16.8 Å². The van der Waals surface area contributed by atoms with Gasteiger partial charge in [-0.25, -0.2) is 0 Å². The number of carbonyl (C=O) groups is 1. The summed E-state index contributed by atoms with van der Waals surface area (Å²) in [4.78, 5) is 14.9. The number of aromatic nitrogens is 2. The van der Waals surface area contributed by atoms with Crippen LogP contribution in [0, 0.1) is 0 Å². The first-order valence-electron chi connectivity index (χ1n) is 9.38. The average Bonchev–Trinajstić information content (AvgIpc) is 3.25. The Morgan fingerprint density at radius 1 is 1.33 bits per heavy atom. The molecule has 1 N–H and O–H groups in total. The topological polar surface area (TPSA) is 71.3 Å². The van der Waals surface area contributed by atoms with Gasteiger partial charge in [-0.2, -0.15) is 0 Å². The molecule has 2 atom stereocenters. The molecule has 0 spiro atoms. The fourth-order valence-corrected chi connectivity index (χ4v) is 3.71. The van der Waals surface area contributed by atoms with E-state index in [-0.39, 0.29) is 22.6 Å². The number of nitrogens with zero attached hydrogens (tertiary/aromatic N) is 3. The predicted molar refractivity (Wildman–Crippen MR) is 107 cm³/mol. The van der Waals surface area contributed by atoms with Crippen molar-refractivity contribution in [3.63, 3.8) is 0 Å². The van der Waals surface area contributed by atoms with E-state index in [0.717, 1.165) is 26.1 Å². The van der Waals surface area contributed by atoms with Crippen molar-refractivity contribution in [1.29, 1.82) is 0 Å². The molecule has 0 saturated carbocycles. The van der Waals surface area contributed by atoms with E-state index in [4.69, 9.17) is 4.42 Å². The fraction of sp³-hybridized carbons (Fsp3) is 0.550. The molecular formula is C20H28N4O2S. The highest BCUT2D eigenvalue weighted by Gasteiger charge is 2.27. The lowest BCUT2D eigenvalue weighted by Crippen LogP contribution is -2.40. The summed E-state index contributed by atoms with van der Waals surface area (Å²) in [6, 6.07) is 10.6. The SMILES string of the molecule is CC(Sc1nnc(C(C)(C)C)o1)C(=O)NC1CCN(Cc2ccccc2)C1. The van der Waals surface area contributed by atoms with Gasteiger partial charge in [-0.1, -0.05) is 62.9 Å². The lowest BCUT2D eigenvalue weighted by molar-refractivity contribution is -0.120. The normalized spacial score (nSPS) is 19.2. The number of hydrogen-bond donors (Lipinski definition) is 1. The zero-order valence-corrected chi connectivity index (χ0v) is 17.3. The van der Waals surface area contributed by atoms with E-state index in [9.17, 15) is 4.79 Å². The number of hydrogen-bond acceptors (Lipinski definition) is 6. The molecule has 3 rings (SSSR count). The van der Waals surface area contributed by atoms with E-state index >= 15 is 0 Å². The third-order valence-corrected chi connectivity index (χ3v) is 5.50. The second kappa shape index (κ2) is 8.44. The molecule has 0 aliphatic carbocycles. The first-order valence-corrected chi connectivity index (χ1v) is 10.3. The van der Waals surface area contributed by atoms with Crippen LogP contribution in [0.3, 0.4) is 0 Å². The molecule has 1 aromatic carbocycles. The van der Waals surface area contributed by atoms with Gasteiger partial charge < -0.3 is 9.73 Å². The van der Waals surface area contributed by atoms with Gasteiger partial charge in [-0.15, -0.1) is 10.2 Å². The molecule has 1 saturated heterocycles. The van der Waals surface area contributed by atoms with Crippen LogP contribution in [-0.4, -0.2) is 45.4 Å². The van der Waals surface area contributed by atoms with Crippen LogP contribution >= 0.6 is 11.8 Å². The van der Waals surface area contributed by atoms with Crippen LogP contribution in [0.25, 0.3) is 0 Å². The second-order valence-electron chi connectivity index (χ2n) is 8.10. The number of carbonyl (C=O) groups excluding carboxylic acids is 1.